The van der Waals surface area contributed by atoms with Crippen LogP contribution in [0.1, 0.15) is 10.5 Å². The molecule has 1 amide bonds. The fourth-order valence-corrected chi connectivity index (χ4v) is 0.908. The van der Waals surface area contributed by atoms with Crippen LogP contribution in [0.15, 0.2) is 17.3 Å². The van der Waals surface area contributed by atoms with Gasteiger partial charge in [-0.25, -0.2) is 4.68 Å². The number of aromatic nitrogens is 2. The highest BCUT2D eigenvalue weighted by atomic mass is 32.1. The summed E-state index contributed by atoms with van der Waals surface area (Å²) in [5.41, 5.74) is 0.315. The number of carbonyl (C=O) groups excluding carboxylic acids is 1. The summed E-state index contributed by atoms with van der Waals surface area (Å²) in [6.07, 6.45) is 6.55. The summed E-state index contributed by atoms with van der Waals surface area (Å²) in [6, 6.07) is 1.52. The number of carbonyl (C=O) groups is 1. The van der Waals surface area contributed by atoms with Crippen molar-refractivity contribution in [1.29, 1.82) is 0 Å². The van der Waals surface area contributed by atoms with Crippen molar-refractivity contribution in [2.24, 2.45) is 4.99 Å². The Bertz CT molecular complexity index is 409. The van der Waals surface area contributed by atoms with Crippen LogP contribution >= 0.6 is 12.2 Å². The molecule has 0 fully saturated rings. The van der Waals surface area contributed by atoms with E-state index in [0.29, 0.717) is 5.69 Å². The lowest BCUT2D eigenvalue weighted by atomic mass is 10.4. The Labute approximate surface area is 80.3 Å². The molecule has 1 aromatic rings. The van der Waals surface area contributed by atoms with Gasteiger partial charge in [0.05, 0.1) is 5.16 Å². The fourth-order valence-electron chi connectivity index (χ4n) is 0.826. The maximum absolute atomic E-state index is 11.2. The summed E-state index contributed by atoms with van der Waals surface area (Å²) in [5, 5.41) is 5.83. The van der Waals surface area contributed by atoms with Crippen molar-refractivity contribution in [3.8, 4) is 12.3 Å². The lowest BCUT2D eigenvalue weighted by Crippen LogP contribution is -2.07. The lowest BCUT2D eigenvalue weighted by molar-refractivity contribution is 0.0994. The number of thiocarbonyl (C=S) groups is 1. The highest BCUT2D eigenvalue weighted by Crippen LogP contribution is 2.00. The number of aliphatic imine (C=N–C) groups is 1. The Morgan fingerprint density at radius 1 is 1.85 bits per heavy atom. The monoisotopic (exact) mass is 191 g/mol. The predicted molar refractivity (Wildman–Crippen MR) is 50.4 cm³/mol. The van der Waals surface area contributed by atoms with Gasteiger partial charge in [0.15, 0.2) is 0 Å². The summed E-state index contributed by atoms with van der Waals surface area (Å²) >= 11 is 4.30. The average Bonchev–Trinajstić information content (AvgIpc) is 2.54. The topological polar surface area (TPSA) is 47.2 Å². The first-order chi connectivity index (χ1) is 6.29. The van der Waals surface area contributed by atoms with Crippen LogP contribution in [0.5, 0.6) is 0 Å². The Kier molecular flexibility index (Phi) is 3.09. The summed E-state index contributed by atoms with van der Waals surface area (Å²) in [5.74, 6) is 1.88. The van der Waals surface area contributed by atoms with Crippen molar-refractivity contribution in [2.75, 3.05) is 0 Å². The number of hydrogen-bond donors (Lipinski definition) is 0. The molecule has 64 valence electrons. The summed E-state index contributed by atoms with van der Waals surface area (Å²) in [4.78, 5) is 14.5. The second-order valence-electron chi connectivity index (χ2n) is 2.09. The Hall–Kier alpha value is -1.76. The molecule has 0 atom stereocenters. The van der Waals surface area contributed by atoms with E-state index in [-0.39, 0.29) is 6.54 Å². The van der Waals surface area contributed by atoms with Crippen molar-refractivity contribution in [1.82, 2.24) is 9.78 Å². The lowest BCUT2D eigenvalue weighted by Gasteiger charge is -1.97. The molecule has 0 saturated heterocycles. The molecule has 1 aromatic heterocycles. The van der Waals surface area contributed by atoms with E-state index in [9.17, 15) is 4.79 Å². The van der Waals surface area contributed by atoms with Crippen LogP contribution in [-0.4, -0.2) is 20.8 Å². The Balaban J connectivity index is 3.01. The summed E-state index contributed by atoms with van der Waals surface area (Å²) < 4.78 is 1.37. The highest BCUT2D eigenvalue weighted by molar-refractivity contribution is 7.78. The van der Waals surface area contributed by atoms with Crippen molar-refractivity contribution >= 4 is 23.3 Å². The standard InChI is InChI=1S/C8H5N3OS/c1-2-5-11-7(3-4-10-11)8(12)9-6-13/h1,3-4H,5H2. The van der Waals surface area contributed by atoms with Gasteiger partial charge in [-0.3, -0.25) is 4.79 Å². The van der Waals surface area contributed by atoms with Gasteiger partial charge in [-0.05, 0) is 18.3 Å². The minimum absolute atomic E-state index is 0.237. The van der Waals surface area contributed by atoms with Gasteiger partial charge in [-0.2, -0.15) is 10.1 Å². The van der Waals surface area contributed by atoms with Gasteiger partial charge in [0, 0.05) is 6.20 Å². The molecule has 13 heavy (non-hydrogen) atoms. The zero-order valence-corrected chi connectivity index (χ0v) is 7.41. The minimum Gasteiger partial charge on any atom is -0.264 e. The van der Waals surface area contributed by atoms with Crippen LogP contribution in [0.4, 0.5) is 0 Å². The molecule has 0 radical (unpaired) electrons. The Morgan fingerprint density at radius 3 is 3.23 bits per heavy atom. The first-order valence-electron chi connectivity index (χ1n) is 3.37. The van der Waals surface area contributed by atoms with E-state index in [1.165, 1.54) is 16.9 Å². The normalized spacial score (nSPS) is 8.54. The fraction of sp³-hybridized carbons (Fsp3) is 0.125. The molecule has 1 rings (SSSR count). The predicted octanol–water partition coefficient (Wildman–Crippen LogP) is 0.759. The number of isothiocyanates is 1. The quantitative estimate of drug-likeness (QED) is 0.394. The molecule has 0 unspecified atom stereocenters. The third-order valence-corrected chi connectivity index (χ3v) is 1.42. The van der Waals surface area contributed by atoms with Gasteiger partial charge in [0.1, 0.15) is 12.2 Å². The number of nitrogens with zero attached hydrogens (tertiary/aromatic N) is 3. The molecule has 0 saturated carbocycles. The van der Waals surface area contributed by atoms with E-state index < -0.39 is 5.91 Å². The third kappa shape index (κ3) is 2.09. The molecule has 4 nitrogen and oxygen atoms in total. The second-order valence-corrected chi connectivity index (χ2v) is 2.27. The van der Waals surface area contributed by atoms with Gasteiger partial charge in [0.25, 0.3) is 0 Å². The van der Waals surface area contributed by atoms with Gasteiger partial charge in [0.2, 0.25) is 0 Å². The molecule has 0 aliphatic rings. The number of hydrogen-bond acceptors (Lipinski definition) is 3. The second kappa shape index (κ2) is 4.31. The van der Waals surface area contributed by atoms with E-state index in [4.69, 9.17) is 6.42 Å². The van der Waals surface area contributed by atoms with Gasteiger partial charge >= 0.3 is 5.91 Å². The molecule has 0 bridgehead atoms. The van der Waals surface area contributed by atoms with Crippen LogP contribution in [0.3, 0.4) is 0 Å². The van der Waals surface area contributed by atoms with E-state index in [1.54, 1.807) is 0 Å². The number of terminal acetylenes is 1. The van der Waals surface area contributed by atoms with Crippen molar-refractivity contribution in [2.45, 2.75) is 6.54 Å². The van der Waals surface area contributed by atoms with Crippen LogP contribution in [-0.2, 0) is 6.54 Å². The molecule has 0 N–H and O–H groups in total. The van der Waals surface area contributed by atoms with Gasteiger partial charge < -0.3 is 0 Å². The molecule has 5 heteroatoms. The highest BCUT2D eigenvalue weighted by Gasteiger charge is 2.08. The summed E-state index contributed by atoms with van der Waals surface area (Å²) in [6.45, 7) is 0.237. The van der Waals surface area contributed by atoms with Crippen molar-refractivity contribution in [3.63, 3.8) is 0 Å². The van der Waals surface area contributed by atoms with E-state index in [2.05, 4.69) is 28.2 Å². The molecular weight excluding hydrogens is 186 g/mol. The van der Waals surface area contributed by atoms with Crippen LogP contribution < -0.4 is 0 Å². The molecule has 0 aromatic carbocycles. The molecular formula is C8H5N3OS. The van der Waals surface area contributed by atoms with E-state index in [0.717, 1.165) is 0 Å². The first-order valence-corrected chi connectivity index (χ1v) is 3.78. The average molecular weight is 191 g/mol. The van der Waals surface area contributed by atoms with Gasteiger partial charge in [-0.1, -0.05) is 5.92 Å². The maximum Gasteiger partial charge on any atom is 0.304 e. The summed E-state index contributed by atoms with van der Waals surface area (Å²) in [7, 11) is 0. The smallest absolute Gasteiger partial charge is 0.264 e. The zero-order valence-electron chi connectivity index (χ0n) is 6.60. The SMILES string of the molecule is C#CCn1nccc1C(=O)N=C=S. The van der Waals surface area contributed by atoms with Crippen molar-refractivity contribution < 1.29 is 4.79 Å². The zero-order chi connectivity index (χ0) is 9.68. The first kappa shape index (κ1) is 9.33. The number of amides is 1. The molecule has 1 heterocycles. The van der Waals surface area contributed by atoms with Crippen LogP contribution in [0.2, 0.25) is 0 Å². The molecule has 0 aliphatic heterocycles. The largest absolute Gasteiger partial charge is 0.304 e. The Morgan fingerprint density at radius 2 is 2.62 bits per heavy atom. The van der Waals surface area contributed by atoms with Crippen molar-refractivity contribution in [3.05, 3.63) is 18.0 Å². The van der Waals surface area contributed by atoms with Crippen LogP contribution in [0, 0.1) is 12.3 Å². The number of rotatable bonds is 2. The van der Waals surface area contributed by atoms with Crippen LogP contribution in [0.25, 0.3) is 0 Å². The third-order valence-electron chi connectivity index (χ3n) is 1.32. The van der Waals surface area contributed by atoms with Gasteiger partial charge in [-0.15, -0.1) is 6.42 Å². The minimum atomic E-state index is -0.484. The maximum atomic E-state index is 11.2. The molecule has 0 spiro atoms. The van der Waals surface area contributed by atoms with E-state index in [1.807, 2.05) is 5.16 Å². The molecule has 0 aliphatic carbocycles. The van der Waals surface area contributed by atoms with E-state index >= 15 is 0 Å².